The predicted octanol–water partition coefficient (Wildman–Crippen LogP) is 4.26. The van der Waals surface area contributed by atoms with Crippen molar-refractivity contribution in [2.45, 2.75) is 41.0 Å². The molecule has 20 heavy (non-hydrogen) atoms. The third kappa shape index (κ3) is 7.47. The van der Waals surface area contributed by atoms with E-state index in [9.17, 15) is 5.11 Å². The molecule has 0 saturated heterocycles. The van der Waals surface area contributed by atoms with Crippen LogP contribution in [-0.4, -0.2) is 0 Å². The number of rotatable bonds is 1. The van der Waals surface area contributed by atoms with Crippen molar-refractivity contribution in [2.24, 2.45) is 5.41 Å². The Morgan fingerprint density at radius 2 is 1.85 bits per heavy atom. The topological polar surface area (TPSA) is 23.1 Å². The molecule has 0 aliphatic heterocycles. The van der Waals surface area contributed by atoms with Crippen molar-refractivity contribution in [3.63, 3.8) is 0 Å². The fourth-order valence-corrected chi connectivity index (χ4v) is 1.79. The molecule has 0 amide bonds. The van der Waals surface area contributed by atoms with Crippen molar-refractivity contribution in [3.8, 4) is 0 Å². The van der Waals surface area contributed by atoms with Gasteiger partial charge < -0.3 is 5.11 Å². The Morgan fingerprint density at radius 1 is 1.20 bits per heavy atom. The molecule has 1 nitrogen and oxygen atoms in total. The molecule has 0 saturated carbocycles. The van der Waals surface area contributed by atoms with Crippen molar-refractivity contribution in [2.75, 3.05) is 0 Å². The Labute approximate surface area is 133 Å². The largest absolute Gasteiger partial charge is 2.00 e. The normalized spacial score (nSPS) is 15.9. The van der Waals surface area contributed by atoms with Gasteiger partial charge in [0.1, 0.15) is 0 Å². The Hall–Kier alpha value is -1.11. The van der Waals surface area contributed by atoms with E-state index in [1.807, 2.05) is 37.3 Å². The molecule has 0 heterocycles. The van der Waals surface area contributed by atoms with E-state index in [1.165, 1.54) is 5.56 Å². The summed E-state index contributed by atoms with van der Waals surface area (Å²) in [6.45, 7) is 10.3. The second kappa shape index (κ2) is 8.24. The van der Waals surface area contributed by atoms with Gasteiger partial charge in [-0.05, 0) is 24.3 Å². The molecular weight excluding hydrogens is 288 g/mol. The van der Waals surface area contributed by atoms with E-state index in [0.29, 0.717) is 6.42 Å². The van der Waals surface area contributed by atoms with Crippen LogP contribution in [0.4, 0.5) is 0 Å². The third-order valence-electron chi connectivity index (χ3n) is 2.75. The summed E-state index contributed by atoms with van der Waals surface area (Å²) in [5.41, 5.74) is 3.45. The first-order valence-corrected chi connectivity index (χ1v) is 6.73. The van der Waals surface area contributed by atoms with E-state index < -0.39 is 0 Å². The van der Waals surface area contributed by atoms with Crippen molar-refractivity contribution < 1.29 is 22.2 Å². The maximum Gasteiger partial charge on any atom is 2.00 e. The molecule has 110 valence electrons. The molecule has 0 radical (unpaired) electrons. The molecule has 1 aromatic carbocycles. The quantitative estimate of drug-likeness (QED) is 0.431. The summed E-state index contributed by atoms with van der Waals surface area (Å²) < 4.78 is 0. The van der Waals surface area contributed by atoms with Gasteiger partial charge >= 0.3 is 17.1 Å². The van der Waals surface area contributed by atoms with E-state index in [0.717, 1.165) is 11.1 Å². The van der Waals surface area contributed by atoms with Crippen LogP contribution in [0.5, 0.6) is 0 Å². The van der Waals surface area contributed by atoms with Crippen LogP contribution < -0.4 is 5.11 Å². The number of allylic oxidation sites excluding steroid dienone is 6. The summed E-state index contributed by atoms with van der Waals surface area (Å²) in [5, 5.41) is 11.7. The van der Waals surface area contributed by atoms with E-state index in [-0.39, 0.29) is 28.2 Å². The van der Waals surface area contributed by atoms with Crippen LogP contribution in [0.15, 0.2) is 59.4 Å². The fraction of sp³-hybridized carbons (Fsp3) is 0.389. The van der Waals surface area contributed by atoms with Gasteiger partial charge in [0.05, 0.1) is 0 Å². The summed E-state index contributed by atoms with van der Waals surface area (Å²) in [6.07, 6.45) is 6.46. The van der Waals surface area contributed by atoms with Crippen LogP contribution in [0.1, 0.15) is 39.7 Å². The van der Waals surface area contributed by atoms with Gasteiger partial charge in [-0.3, -0.25) is 0 Å². The van der Waals surface area contributed by atoms with Crippen molar-refractivity contribution >= 4 is 0 Å². The van der Waals surface area contributed by atoms with E-state index in [4.69, 9.17) is 0 Å². The number of aryl methyl sites for hydroxylation is 1. The summed E-state index contributed by atoms with van der Waals surface area (Å²) in [7, 11) is 0. The molecule has 0 bridgehead atoms. The number of hydrogen-bond acceptors (Lipinski definition) is 1. The Balaban J connectivity index is 0.000000434. The first-order chi connectivity index (χ1) is 8.78. The molecule has 0 N–H and O–H groups in total. The Kier molecular flexibility index (Phi) is 7.78. The van der Waals surface area contributed by atoms with Gasteiger partial charge in [-0.2, -0.15) is 17.7 Å². The van der Waals surface area contributed by atoms with E-state index >= 15 is 0 Å². The zero-order valence-corrected chi connectivity index (χ0v) is 14.1. The fourth-order valence-electron chi connectivity index (χ4n) is 1.79. The molecule has 0 aromatic heterocycles. The van der Waals surface area contributed by atoms with Gasteiger partial charge in [-0.15, -0.1) is 5.76 Å². The zero-order chi connectivity index (χ0) is 14.5. The summed E-state index contributed by atoms with van der Waals surface area (Å²) >= 11 is 0. The minimum atomic E-state index is 0. The summed E-state index contributed by atoms with van der Waals surface area (Å²) in [6, 6.07) is 8.24. The SMILES string of the molecule is CC1=CC(=C([O-])CC(C)(C)C)C=C1.Cc1ccc[cH-]1.[Fe+2]. The van der Waals surface area contributed by atoms with Crippen LogP contribution in [0.3, 0.4) is 0 Å². The summed E-state index contributed by atoms with van der Waals surface area (Å²) in [5.74, 6) is 0.251. The van der Waals surface area contributed by atoms with Crippen molar-refractivity contribution in [3.05, 3.63) is 65.0 Å². The van der Waals surface area contributed by atoms with Crippen molar-refractivity contribution in [1.29, 1.82) is 0 Å². The second-order valence-corrected chi connectivity index (χ2v) is 6.30. The summed E-state index contributed by atoms with van der Waals surface area (Å²) in [4.78, 5) is 0. The van der Waals surface area contributed by atoms with Gasteiger partial charge in [0, 0.05) is 0 Å². The van der Waals surface area contributed by atoms with Crippen LogP contribution in [-0.2, 0) is 17.1 Å². The van der Waals surface area contributed by atoms with Crippen molar-refractivity contribution in [1.82, 2.24) is 0 Å². The second-order valence-electron chi connectivity index (χ2n) is 6.30. The van der Waals surface area contributed by atoms with Gasteiger partial charge in [-0.25, -0.2) is 12.1 Å². The van der Waals surface area contributed by atoms with E-state index in [2.05, 4.69) is 39.8 Å². The van der Waals surface area contributed by atoms with Gasteiger partial charge in [0.25, 0.3) is 0 Å². The average molecular weight is 312 g/mol. The molecule has 1 aromatic rings. The van der Waals surface area contributed by atoms with Gasteiger partial charge in [0.15, 0.2) is 0 Å². The standard InChI is InChI=1S/C12H18O.C6H7.Fe/c1-9-5-6-10(7-9)11(13)8-12(2,3)4;1-6-4-2-3-5-6;/h5-7,13H,8H2,1-4H3;2-5H,1H3;/q;-1;+2/p-1. The van der Waals surface area contributed by atoms with Crippen LogP contribution >= 0.6 is 0 Å². The van der Waals surface area contributed by atoms with Gasteiger partial charge in [-0.1, -0.05) is 51.5 Å². The molecule has 2 heteroatoms. The molecular formula is C18H24FeO. The molecule has 1 aliphatic rings. The molecule has 2 rings (SSSR count). The van der Waals surface area contributed by atoms with Crippen LogP contribution in [0, 0.1) is 12.3 Å². The number of hydrogen-bond donors (Lipinski definition) is 0. The first-order valence-electron chi connectivity index (χ1n) is 6.73. The van der Waals surface area contributed by atoms with Gasteiger partial charge in [0.2, 0.25) is 0 Å². The van der Waals surface area contributed by atoms with Crippen LogP contribution in [0.25, 0.3) is 0 Å². The Morgan fingerprint density at radius 3 is 2.15 bits per heavy atom. The molecule has 0 spiro atoms. The monoisotopic (exact) mass is 312 g/mol. The molecule has 1 aliphatic carbocycles. The molecule has 0 fully saturated rings. The predicted molar refractivity (Wildman–Crippen MR) is 80.8 cm³/mol. The van der Waals surface area contributed by atoms with Crippen LogP contribution in [0.2, 0.25) is 0 Å². The van der Waals surface area contributed by atoms with E-state index in [1.54, 1.807) is 0 Å². The third-order valence-corrected chi connectivity index (χ3v) is 2.75. The minimum absolute atomic E-state index is 0. The Bertz CT molecular complexity index is 482. The maximum absolute atomic E-state index is 11.7. The molecule has 0 unspecified atom stereocenters. The first kappa shape index (κ1) is 18.9. The minimum Gasteiger partial charge on any atom is -0.875 e. The average Bonchev–Trinajstić information content (AvgIpc) is 2.88. The molecule has 0 atom stereocenters. The smallest absolute Gasteiger partial charge is 0.875 e. The zero-order valence-electron chi connectivity index (χ0n) is 13.0. The maximum atomic E-state index is 11.7.